The Morgan fingerprint density at radius 1 is 1.22 bits per heavy atom. The molecular weight excluding hydrogens is 368 g/mol. The van der Waals surface area contributed by atoms with Crippen LogP contribution in [0, 0.1) is 0 Å². The zero-order valence-corrected chi connectivity index (χ0v) is 15.4. The summed E-state index contributed by atoms with van der Waals surface area (Å²) in [4.78, 5) is 38.7. The summed E-state index contributed by atoms with van der Waals surface area (Å²) in [5.74, 6) is -1.73. The molecule has 1 aromatic heterocycles. The summed E-state index contributed by atoms with van der Waals surface area (Å²) in [5, 5.41) is 13.7. The van der Waals surface area contributed by atoms with Gasteiger partial charge in [0.15, 0.2) is 6.10 Å². The summed E-state index contributed by atoms with van der Waals surface area (Å²) in [6, 6.07) is 12.1. The molecule has 1 saturated heterocycles. The van der Waals surface area contributed by atoms with Crippen LogP contribution in [0.5, 0.6) is 0 Å². The van der Waals surface area contributed by atoms with Crippen LogP contribution < -0.4 is 5.32 Å². The normalized spacial score (nSPS) is 17.9. The number of carbonyl (C=O) groups is 3. The van der Waals surface area contributed by atoms with Crippen molar-refractivity contribution in [3.8, 4) is 0 Å². The molecule has 0 saturated carbocycles. The minimum Gasteiger partial charge on any atom is -0.479 e. The van der Waals surface area contributed by atoms with E-state index in [2.05, 4.69) is 5.32 Å². The lowest BCUT2D eigenvalue weighted by Crippen LogP contribution is -2.55. The Labute approximate surface area is 160 Å². The number of rotatable bonds is 6. The highest BCUT2D eigenvalue weighted by molar-refractivity contribution is 7.12. The number of nitrogens with one attached hydrogen (secondary N) is 1. The predicted octanol–water partition coefficient (Wildman–Crippen LogP) is 1.40. The zero-order chi connectivity index (χ0) is 19.2. The van der Waals surface area contributed by atoms with Crippen LogP contribution in [0.2, 0.25) is 0 Å². The summed E-state index contributed by atoms with van der Waals surface area (Å²) in [6.45, 7) is 0.413. The van der Waals surface area contributed by atoms with Crippen molar-refractivity contribution >= 4 is 29.1 Å². The average molecular weight is 388 g/mol. The first-order valence-electron chi connectivity index (χ1n) is 8.56. The maximum Gasteiger partial charge on any atom is 0.334 e. The van der Waals surface area contributed by atoms with Gasteiger partial charge >= 0.3 is 5.97 Å². The van der Waals surface area contributed by atoms with Crippen molar-refractivity contribution in [1.82, 2.24) is 10.2 Å². The van der Waals surface area contributed by atoms with E-state index in [1.165, 1.54) is 16.2 Å². The monoisotopic (exact) mass is 388 g/mol. The van der Waals surface area contributed by atoms with Gasteiger partial charge in [-0.3, -0.25) is 9.59 Å². The maximum absolute atomic E-state index is 13.0. The number of carboxylic acids is 1. The van der Waals surface area contributed by atoms with Gasteiger partial charge in [-0.05, 0) is 17.0 Å². The van der Waals surface area contributed by atoms with Crippen LogP contribution in [-0.4, -0.2) is 59.6 Å². The van der Waals surface area contributed by atoms with E-state index in [1.54, 1.807) is 17.5 Å². The van der Waals surface area contributed by atoms with Gasteiger partial charge in [-0.25, -0.2) is 4.79 Å². The topological polar surface area (TPSA) is 95.9 Å². The second-order valence-electron chi connectivity index (χ2n) is 6.17. The largest absolute Gasteiger partial charge is 0.479 e. The number of hydrogen-bond donors (Lipinski definition) is 2. The average Bonchev–Trinajstić information content (AvgIpc) is 3.23. The Morgan fingerprint density at radius 3 is 2.67 bits per heavy atom. The van der Waals surface area contributed by atoms with E-state index < -0.39 is 18.1 Å². The van der Waals surface area contributed by atoms with Crippen LogP contribution in [0.25, 0.3) is 0 Å². The molecule has 0 aliphatic carbocycles. The molecule has 2 N–H and O–H groups in total. The molecule has 2 aromatic rings. The first kappa shape index (κ1) is 19.1. The number of thiophene rings is 1. The molecule has 8 heteroatoms. The van der Waals surface area contributed by atoms with E-state index in [9.17, 15) is 14.4 Å². The number of nitrogens with zero attached hydrogens (tertiary/aromatic N) is 1. The summed E-state index contributed by atoms with van der Waals surface area (Å²) >= 11 is 1.30. The molecule has 2 atom stereocenters. The SMILES string of the molecule is O=C(NC(Cc1ccccc1)C(=O)N1CCOC(C(=O)O)C1)c1cccs1. The molecule has 2 amide bonds. The third kappa shape index (κ3) is 4.93. The minimum absolute atomic E-state index is 0.0334. The predicted molar refractivity (Wildman–Crippen MR) is 99.7 cm³/mol. The fourth-order valence-electron chi connectivity index (χ4n) is 2.91. The molecule has 1 aliphatic rings. The van der Waals surface area contributed by atoms with Crippen molar-refractivity contribution in [2.75, 3.05) is 19.7 Å². The number of aliphatic carboxylic acids is 1. The van der Waals surface area contributed by atoms with Crippen molar-refractivity contribution in [1.29, 1.82) is 0 Å². The van der Waals surface area contributed by atoms with Crippen LogP contribution in [-0.2, 0) is 20.7 Å². The van der Waals surface area contributed by atoms with Gasteiger partial charge in [-0.15, -0.1) is 11.3 Å². The van der Waals surface area contributed by atoms with Crippen LogP contribution in [0.1, 0.15) is 15.2 Å². The van der Waals surface area contributed by atoms with Crippen molar-refractivity contribution in [2.45, 2.75) is 18.6 Å². The summed E-state index contributed by atoms with van der Waals surface area (Å²) < 4.78 is 5.18. The Bertz CT molecular complexity index is 794. The van der Waals surface area contributed by atoms with E-state index >= 15 is 0 Å². The van der Waals surface area contributed by atoms with Gasteiger partial charge in [0.05, 0.1) is 18.0 Å². The number of benzene rings is 1. The van der Waals surface area contributed by atoms with Crippen LogP contribution >= 0.6 is 11.3 Å². The number of amides is 2. The Morgan fingerprint density at radius 2 is 2.00 bits per heavy atom. The molecule has 27 heavy (non-hydrogen) atoms. The maximum atomic E-state index is 13.0. The highest BCUT2D eigenvalue weighted by Gasteiger charge is 2.33. The van der Waals surface area contributed by atoms with Gasteiger partial charge in [0, 0.05) is 13.0 Å². The first-order valence-corrected chi connectivity index (χ1v) is 9.44. The van der Waals surface area contributed by atoms with Gasteiger partial charge in [-0.2, -0.15) is 0 Å². The molecule has 0 radical (unpaired) electrons. The molecule has 0 spiro atoms. The molecule has 2 unspecified atom stereocenters. The van der Waals surface area contributed by atoms with Crippen molar-refractivity contribution in [3.05, 3.63) is 58.3 Å². The minimum atomic E-state index is -1.10. The number of ether oxygens (including phenoxy) is 1. The second-order valence-corrected chi connectivity index (χ2v) is 7.12. The summed E-state index contributed by atoms with van der Waals surface area (Å²) in [5.41, 5.74) is 0.908. The third-order valence-corrected chi connectivity index (χ3v) is 5.15. The Hall–Kier alpha value is -2.71. The third-order valence-electron chi connectivity index (χ3n) is 4.28. The number of carboxylic acid groups (broad SMARTS) is 1. The van der Waals surface area contributed by atoms with Crippen molar-refractivity contribution in [2.24, 2.45) is 0 Å². The molecular formula is C19H20N2O5S. The number of morpholine rings is 1. The zero-order valence-electron chi connectivity index (χ0n) is 14.5. The molecule has 1 fully saturated rings. The molecule has 3 rings (SSSR count). The van der Waals surface area contributed by atoms with E-state index in [1.807, 2.05) is 30.3 Å². The van der Waals surface area contributed by atoms with Crippen molar-refractivity contribution < 1.29 is 24.2 Å². The fourth-order valence-corrected chi connectivity index (χ4v) is 3.53. The molecule has 2 heterocycles. The summed E-state index contributed by atoms with van der Waals surface area (Å²) in [7, 11) is 0. The van der Waals surface area contributed by atoms with E-state index in [0.29, 0.717) is 17.8 Å². The standard InChI is InChI=1S/C19H20N2O5S/c22-17(16-7-4-10-27-16)20-14(11-13-5-2-1-3-6-13)18(23)21-8-9-26-15(12-21)19(24)25/h1-7,10,14-15H,8-9,11-12H2,(H,20,22)(H,24,25). The summed E-state index contributed by atoms with van der Waals surface area (Å²) in [6.07, 6.45) is -0.723. The Balaban J connectivity index is 1.76. The molecule has 1 aliphatic heterocycles. The smallest absolute Gasteiger partial charge is 0.334 e. The van der Waals surface area contributed by atoms with E-state index in [4.69, 9.17) is 9.84 Å². The highest BCUT2D eigenvalue weighted by atomic mass is 32.1. The number of carbonyl (C=O) groups excluding carboxylic acids is 2. The van der Waals surface area contributed by atoms with Gasteiger partial charge in [0.1, 0.15) is 6.04 Å². The van der Waals surface area contributed by atoms with Crippen LogP contribution in [0.3, 0.4) is 0 Å². The first-order chi connectivity index (χ1) is 13.0. The van der Waals surface area contributed by atoms with Crippen LogP contribution in [0.15, 0.2) is 47.8 Å². The molecule has 7 nitrogen and oxygen atoms in total. The van der Waals surface area contributed by atoms with Gasteiger partial charge in [-0.1, -0.05) is 36.4 Å². The highest BCUT2D eigenvalue weighted by Crippen LogP contribution is 2.13. The van der Waals surface area contributed by atoms with E-state index in [0.717, 1.165) is 5.56 Å². The lowest BCUT2D eigenvalue weighted by molar-refractivity contribution is -0.159. The molecule has 142 valence electrons. The fraction of sp³-hybridized carbons (Fsp3) is 0.316. The van der Waals surface area contributed by atoms with Gasteiger partial charge < -0.3 is 20.1 Å². The second kappa shape index (κ2) is 8.79. The van der Waals surface area contributed by atoms with Gasteiger partial charge in [0.25, 0.3) is 5.91 Å². The Kier molecular flexibility index (Phi) is 6.20. The number of hydrogen-bond acceptors (Lipinski definition) is 5. The molecule has 0 bridgehead atoms. The van der Waals surface area contributed by atoms with Crippen LogP contribution in [0.4, 0.5) is 0 Å². The molecule has 1 aromatic carbocycles. The van der Waals surface area contributed by atoms with E-state index in [-0.39, 0.29) is 25.0 Å². The van der Waals surface area contributed by atoms with Crippen molar-refractivity contribution in [3.63, 3.8) is 0 Å². The lowest BCUT2D eigenvalue weighted by Gasteiger charge is -2.33. The lowest BCUT2D eigenvalue weighted by atomic mass is 10.0. The quantitative estimate of drug-likeness (QED) is 0.780. The van der Waals surface area contributed by atoms with Gasteiger partial charge in [0.2, 0.25) is 5.91 Å².